The summed E-state index contributed by atoms with van der Waals surface area (Å²) in [6.07, 6.45) is 3.89. The molecule has 42 heavy (non-hydrogen) atoms. The number of fused-ring (bicyclic) bond motifs is 2. The molecule has 5 heterocycles. The molecule has 10 heteroatoms. The van der Waals surface area contributed by atoms with Crippen LogP contribution in [0.3, 0.4) is 0 Å². The Hall–Kier alpha value is -3.89. The summed E-state index contributed by atoms with van der Waals surface area (Å²) in [5.74, 6) is 0.310. The summed E-state index contributed by atoms with van der Waals surface area (Å²) in [7, 11) is 0. The van der Waals surface area contributed by atoms with Crippen LogP contribution >= 0.6 is 22.9 Å². The Labute approximate surface area is 252 Å². The number of piperazine rings is 1. The van der Waals surface area contributed by atoms with Crippen molar-refractivity contribution in [3.8, 4) is 10.6 Å². The highest BCUT2D eigenvalue weighted by Gasteiger charge is 2.12. The molecule has 7 rings (SSSR count). The number of imidazole rings is 1. The number of aromatic amines is 1. The van der Waals surface area contributed by atoms with Crippen molar-refractivity contribution in [3.63, 3.8) is 0 Å². The molecule has 6 aromatic rings. The van der Waals surface area contributed by atoms with Crippen LogP contribution in [0.2, 0.25) is 5.02 Å². The summed E-state index contributed by atoms with van der Waals surface area (Å²) >= 11 is 7.68. The molecule has 0 saturated carbocycles. The SMILES string of the molecule is Cc1ccc(Nc2nc3ccc(Cl)cc3[nH]2)cc1F.Cc1ccnc2cc(-c3ccc(CN4CCNCC4)cn3)sc12. The van der Waals surface area contributed by atoms with E-state index in [9.17, 15) is 4.39 Å². The summed E-state index contributed by atoms with van der Waals surface area (Å²) in [6.45, 7) is 9.24. The summed E-state index contributed by atoms with van der Waals surface area (Å²) in [5, 5.41) is 7.06. The number of hydrogen-bond acceptors (Lipinski definition) is 7. The number of anilines is 2. The fraction of sp³-hybridized carbons (Fsp3) is 0.219. The van der Waals surface area contributed by atoms with Gasteiger partial charge in [-0.05, 0) is 79.1 Å². The van der Waals surface area contributed by atoms with E-state index in [0.717, 1.165) is 55.0 Å². The third-order valence-corrected chi connectivity index (χ3v) is 8.70. The Kier molecular flexibility index (Phi) is 8.43. The minimum absolute atomic E-state index is 0.246. The Balaban J connectivity index is 0.000000153. The summed E-state index contributed by atoms with van der Waals surface area (Å²) < 4.78 is 14.7. The van der Waals surface area contributed by atoms with Crippen molar-refractivity contribution in [2.45, 2.75) is 20.4 Å². The lowest BCUT2D eigenvalue weighted by Gasteiger charge is -2.27. The Morgan fingerprint density at radius 3 is 2.57 bits per heavy atom. The number of nitrogens with one attached hydrogen (secondary N) is 3. The molecule has 1 aliphatic heterocycles. The fourth-order valence-corrected chi connectivity index (χ4v) is 6.06. The van der Waals surface area contributed by atoms with Crippen molar-refractivity contribution in [1.82, 2.24) is 30.2 Å². The van der Waals surface area contributed by atoms with Gasteiger partial charge in [-0.15, -0.1) is 11.3 Å². The number of aromatic nitrogens is 4. The Morgan fingerprint density at radius 2 is 1.81 bits per heavy atom. The van der Waals surface area contributed by atoms with Gasteiger partial charge in [0.2, 0.25) is 5.95 Å². The number of hydrogen-bond donors (Lipinski definition) is 3. The molecular weight excluding hydrogens is 569 g/mol. The van der Waals surface area contributed by atoms with Gasteiger partial charge in [-0.3, -0.25) is 14.9 Å². The van der Waals surface area contributed by atoms with Gasteiger partial charge in [0.05, 0.1) is 31.8 Å². The number of nitrogens with zero attached hydrogens (tertiary/aromatic N) is 4. The van der Waals surface area contributed by atoms with Crippen molar-refractivity contribution >= 4 is 55.8 Å². The smallest absolute Gasteiger partial charge is 0.205 e. The van der Waals surface area contributed by atoms with Crippen molar-refractivity contribution in [2.75, 3.05) is 31.5 Å². The van der Waals surface area contributed by atoms with Crippen LogP contribution in [-0.4, -0.2) is 51.0 Å². The maximum Gasteiger partial charge on any atom is 0.205 e. The Bertz CT molecular complexity index is 1830. The first kappa shape index (κ1) is 28.2. The zero-order chi connectivity index (χ0) is 29.1. The molecule has 1 fully saturated rings. The van der Waals surface area contributed by atoms with Gasteiger partial charge in [-0.1, -0.05) is 23.7 Å². The molecule has 2 aromatic carbocycles. The predicted molar refractivity (Wildman–Crippen MR) is 171 cm³/mol. The molecular formula is C32H31ClFN7S. The van der Waals surface area contributed by atoms with Crippen LogP contribution in [0.5, 0.6) is 0 Å². The number of aryl methyl sites for hydroxylation is 2. The monoisotopic (exact) mass is 599 g/mol. The molecule has 0 spiro atoms. The van der Waals surface area contributed by atoms with E-state index in [1.54, 1.807) is 42.5 Å². The van der Waals surface area contributed by atoms with Crippen molar-refractivity contribution in [3.05, 3.63) is 101 Å². The van der Waals surface area contributed by atoms with Crippen molar-refractivity contribution < 1.29 is 4.39 Å². The van der Waals surface area contributed by atoms with Crippen LogP contribution in [0, 0.1) is 19.7 Å². The first-order chi connectivity index (χ1) is 20.4. The van der Waals surface area contributed by atoms with Crippen LogP contribution in [0.25, 0.3) is 31.8 Å². The van der Waals surface area contributed by atoms with Crippen LogP contribution in [0.15, 0.2) is 73.1 Å². The highest BCUT2D eigenvalue weighted by Crippen LogP contribution is 2.33. The second-order valence-corrected chi connectivity index (χ2v) is 11.9. The van der Waals surface area contributed by atoms with Gasteiger partial charge in [-0.2, -0.15) is 0 Å². The molecule has 0 bridgehead atoms. The van der Waals surface area contributed by atoms with Crippen LogP contribution in [0.4, 0.5) is 16.0 Å². The molecule has 3 N–H and O–H groups in total. The number of H-pyrrole nitrogens is 1. The second-order valence-electron chi connectivity index (χ2n) is 10.4. The molecule has 1 saturated heterocycles. The molecule has 214 valence electrons. The third-order valence-electron chi connectivity index (χ3n) is 7.18. The molecule has 7 nitrogen and oxygen atoms in total. The predicted octanol–water partition coefficient (Wildman–Crippen LogP) is 7.48. The fourth-order valence-electron chi connectivity index (χ4n) is 4.83. The summed E-state index contributed by atoms with van der Waals surface area (Å²) in [6, 6.07) is 18.9. The highest BCUT2D eigenvalue weighted by molar-refractivity contribution is 7.22. The average Bonchev–Trinajstić information content (AvgIpc) is 3.61. The van der Waals surface area contributed by atoms with Crippen molar-refractivity contribution in [2.24, 2.45) is 0 Å². The number of halogens is 2. The first-order valence-electron chi connectivity index (χ1n) is 13.8. The van der Waals surface area contributed by atoms with E-state index in [1.807, 2.05) is 18.5 Å². The highest BCUT2D eigenvalue weighted by atomic mass is 35.5. The number of thiophene rings is 1. The van der Waals surface area contributed by atoms with E-state index in [-0.39, 0.29) is 5.82 Å². The number of rotatable bonds is 5. The van der Waals surface area contributed by atoms with E-state index < -0.39 is 0 Å². The van der Waals surface area contributed by atoms with Gasteiger partial charge < -0.3 is 15.6 Å². The molecule has 0 unspecified atom stereocenters. The van der Waals surface area contributed by atoms with Gasteiger partial charge in [0.15, 0.2) is 0 Å². The Morgan fingerprint density at radius 1 is 0.952 bits per heavy atom. The van der Waals surface area contributed by atoms with E-state index in [1.165, 1.54) is 26.8 Å². The van der Waals surface area contributed by atoms with E-state index in [4.69, 9.17) is 11.6 Å². The molecule has 0 atom stereocenters. The summed E-state index contributed by atoms with van der Waals surface area (Å²) in [4.78, 5) is 20.2. The number of benzene rings is 2. The second kappa shape index (κ2) is 12.5. The minimum Gasteiger partial charge on any atom is -0.326 e. The van der Waals surface area contributed by atoms with Gasteiger partial charge in [-0.25, -0.2) is 9.37 Å². The van der Waals surface area contributed by atoms with E-state index in [2.05, 4.69) is 66.7 Å². The molecule has 1 aliphatic rings. The normalized spacial score (nSPS) is 13.7. The third kappa shape index (κ3) is 6.60. The largest absolute Gasteiger partial charge is 0.326 e. The van der Waals surface area contributed by atoms with Gasteiger partial charge >= 0.3 is 0 Å². The van der Waals surface area contributed by atoms with E-state index in [0.29, 0.717) is 22.2 Å². The van der Waals surface area contributed by atoms with Crippen LogP contribution in [-0.2, 0) is 6.54 Å². The van der Waals surface area contributed by atoms with Gasteiger partial charge in [0.25, 0.3) is 0 Å². The minimum atomic E-state index is -0.246. The van der Waals surface area contributed by atoms with Crippen LogP contribution in [0.1, 0.15) is 16.7 Å². The summed E-state index contributed by atoms with van der Waals surface area (Å²) in [5.41, 5.74) is 7.57. The average molecular weight is 600 g/mol. The standard InChI is InChI=1S/C18H20N4S.C14H11ClFN3/c1-13-4-5-20-16-10-17(23-18(13)16)15-3-2-14(11-21-15)12-22-8-6-19-7-9-22;1-8-2-4-10(7-11(8)16)17-14-18-12-5-3-9(15)6-13(12)19-14/h2-5,10-11,19H,6-9,12H2,1H3;2-7H,1H3,(H2,17,18,19). The van der Waals surface area contributed by atoms with Gasteiger partial charge in [0, 0.05) is 55.8 Å². The lowest BCUT2D eigenvalue weighted by atomic mass is 10.2. The number of pyridine rings is 2. The molecule has 0 aliphatic carbocycles. The maximum absolute atomic E-state index is 13.5. The van der Waals surface area contributed by atoms with E-state index >= 15 is 0 Å². The maximum atomic E-state index is 13.5. The topological polar surface area (TPSA) is 81.8 Å². The first-order valence-corrected chi connectivity index (χ1v) is 15.0. The van der Waals surface area contributed by atoms with Gasteiger partial charge in [0.1, 0.15) is 5.82 Å². The lowest BCUT2D eigenvalue weighted by Crippen LogP contribution is -2.42. The quantitative estimate of drug-likeness (QED) is 0.191. The van der Waals surface area contributed by atoms with Crippen LogP contribution < -0.4 is 10.6 Å². The molecule has 4 aromatic heterocycles. The molecule has 0 radical (unpaired) electrons. The van der Waals surface area contributed by atoms with Crippen molar-refractivity contribution in [1.29, 1.82) is 0 Å². The zero-order valence-corrected chi connectivity index (χ0v) is 25.0. The molecule has 0 amide bonds. The lowest BCUT2D eigenvalue weighted by molar-refractivity contribution is 0.233. The zero-order valence-electron chi connectivity index (χ0n) is 23.4.